The molecule has 0 radical (unpaired) electrons. The Hall–Kier alpha value is -1.55. The van der Waals surface area contributed by atoms with Crippen LogP contribution in [0.25, 0.3) is 0 Å². The average molecular weight is 250 g/mol. The number of anilines is 1. The third-order valence-electron chi connectivity index (χ3n) is 2.99. The fourth-order valence-electron chi connectivity index (χ4n) is 1.79. The van der Waals surface area contributed by atoms with Gasteiger partial charge in [0.1, 0.15) is 0 Å². The van der Waals surface area contributed by atoms with Crippen LogP contribution in [0.4, 0.5) is 5.69 Å². The van der Waals surface area contributed by atoms with Crippen molar-refractivity contribution in [1.82, 2.24) is 5.32 Å². The molecule has 0 aliphatic carbocycles. The van der Waals surface area contributed by atoms with Gasteiger partial charge in [-0.1, -0.05) is 18.9 Å². The van der Waals surface area contributed by atoms with E-state index in [2.05, 4.69) is 5.32 Å². The maximum absolute atomic E-state index is 11.9. The summed E-state index contributed by atoms with van der Waals surface area (Å²) in [4.78, 5) is 11.9. The molecular weight excluding hydrogens is 228 g/mol. The second-order valence-corrected chi connectivity index (χ2v) is 4.41. The molecule has 0 unspecified atom stereocenters. The van der Waals surface area contributed by atoms with Crippen LogP contribution in [0.15, 0.2) is 18.2 Å². The summed E-state index contributed by atoms with van der Waals surface area (Å²) >= 11 is 0. The lowest BCUT2D eigenvalue weighted by molar-refractivity contribution is 0.0952. The monoisotopic (exact) mass is 250 g/mol. The predicted octanol–water partition coefficient (Wildman–Crippen LogP) is 1.86. The molecule has 0 heterocycles. The molecule has 100 valence electrons. The fourth-order valence-corrected chi connectivity index (χ4v) is 1.79. The van der Waals surface area contributed by atoms with Gasteiger partial charge in [0.25, 0.3) is 5.91 Å². The predicted molar refractivity (Wildman–Crippen MR) is 73.5 cm³/mol. The van der Waals surface area contributed by atoms with E-state index in [4.69, 9.17) is 10.8 Å². The smallest absolute Gasteiger partial charge is 0.251 e. The van der Waals surface area contributed by atoms with Gasteiger partial charge in [0.05, 0.1) is 0 Å². The summed E-state index contributed by atoms with van der Waals surface area (Å²) in [6, 6.07) is 5.37. The Kier molecular flexibility index (Phi) is 6.22. The molecule has 1 rings (SSSR count). The number of unbranched alkanes of at least 4 members (excludes halogenated alkanes) is 3. The van der Waals surface area contributed by atoms with Crippen LogP contribution >= 0.6 is 0 Å². The maximum Gasteiger partial charge on any atom is 0.251 e. The van der Waals surface area contributed by atoms with Crippen LogP contribution in [0.5, 0.6) is 0 Å². The maximum atomic E-state index is 11.9. The normalized spacial score (nSPS) is 10.3. The zero-order valence-electron chi connectivity index (χ0n) is 10.9. The summed E-state index contributed by atoms with van der Waals surface area (Å²) in [5, 5.41) is 11.5. The third-order valence-corrected chi connectivity index (χ3v) is 2.99. The molecule has 0 aromatic heterocycles. The van der Waals surface area contributed by atoms with E-state index in [0.717, 1.165) is 31.2 Å². The first kappa shape index (κ1) is 14.5. The van der Waals surface area contributed by atoms with E-state index < -0.39 is 0 Å². The summed E-state index contributed by atoms with van der Waals surface area (Å²) in [6.45, 7) is 2.76. The Labute approximate surface area is 108 Å². The second-order valence-electron chi connectivity index (χ2n) is 4.41. The lowest BCUT2D eigenvalue weighted by Gasteiger charge is -2.09. The molecule has 4 heteroatoms. The third kappa shape index (κ3) is 4.37. The van der Waals surface area contributed by atoms with E-state index >= 15 is 0 Å². The summed E-state index contributed by atoms with van der Waals surface area (Å²) in [7, 11) is 0. The Morgan fingerprint density at radius 1 is 1.28 bits per heavy atom. The number of hydrogen-bond donors (Lipinski definition) is 3. The lowest BCUT2D eigenvalue weighted by Crippen LogP contribution is -2.25. The highest BCUT2D eigenvalue weighted by Gasteiger charge is 2.09. The van der Waals surface area contributed by atoms with Gasteiger partial charge in [-0.15, -0.1) is 0 Å². The van der Waals surface area contributed by atoms with Gasteiger partial charge >= 0.3 is 0 Å². The van der Waals surface area contributed by atoms with Gasteiger partial charge in [0.2, 0.25) is 0 Å². The number of rotatable bonds is 7. The largest absolute Gasteiger partial charge is 0.398 e. The first-order chi connectivity index (χ1) is 8.66. The van der Waals surface area contributed by atoms with Crippen molar-refractivity contribution in [3.05, 3.63) is 29.3 Å². The summed E-state index contributed by atoms with van der Waals surface area (Å²) in [6.07, 6.45) is 3.80. The number of hydrogen-bond acceptors (Lipinski definition) is 3. The van der Waals surface area contributed by atoms with Crippen LogP contribution in [-0.2, 0) is 0 Å². The van der Waals surface area contributed by atoms with Crippen molar-refractivity contribution in [3.63, 3.8) is 0 Å². The molecule has 4 N–H and O–H groups in total. The van der Waals surface area contributed by atoms with E-state index in [1.165, 1.54) is 0 Å². The molecule has 0 spiro atoms. The molecule has 0 fully saturated rings. The number of nitrogens with one attached hydrogen (secondary N) is 1. The SMILES string of the molecule is Cc1c(N)cccc1C(=O)NCCCCCCO. The van der Waals surface area contributed by atoms with Crippen LogP contribution < -0.4 is 11.1 Å². The quantitative estimate of drug-likeness (QED) is 0.510. The van der Waals surface area contributed by atoms with Gasteiger partial charge in [-0.2, -0.15) is 0 Å². The molecule has 1 amide bonds. The molecule has 0 aliphatic rings. The van der Waals surface area contributed by atoms with Gasteiger partial charge in [-0.25, -0.2) is 0 Å². The lowest BCUT2D eigenvalue weighted by atomic mass is 10.1. The van der Waals surface area contributed by atoms with Gasteiger partial charge in [0.15, 0.2) is 0 Å². The summed E-state index contributed by atoms with van der Waals surface area (Å²) in [5.74, 6) is -0.0676. The molecule has 0 saturated heterocycles. The van der Waals surface area contributed by atoms with Crippen molar-refractivity contribution in [1.29, 1.82) is 0 Å². The number of benzene rings is 1. The first-order valence-corrected chi connectivity index (χ1v) is 6.41. The molecule has 0 atom stereocenters. The number of amides is 1. The molecule has 1 aromatic rings. The Balaban J connectivity index is 2.35. The number of nitrogens with two attached hydrogens (primary N) is 1. The second kappa shape index (κ2) is 7.71. The number of carbonyl (C=O) groups excluding carboxylic acids is 1. The van der Waals surface area contributed by atoms with Crippen LogP contribution in [0.3, 0.4) is 0 Å². The molecular formula is C14H22N2O2. The van der Waals surface area contributed by atoms with Crippen LogP contribution in [-0.4, -0.2) is 24.2 Å². The van der Waals surface area contributed by atoms with Crippen LogP contribution in [0.1, 0.15) is 41.6 Å². The van der Waals surface area contributed by atoms with Crippen molar-refractivity contribution >= 4 is 11.6 Å². The topological polar surface area (TPSA) is 75.4 Å². The van der Waals surface area contributed by atoms with Crippen molar-refractivity contribution in [2.75, 3.05) is 18.9 Å². The van der Waals surface area contributed by atoms with Gasteiger partial charge < -0.3 is 16.2 Å². The fraction of sp³-hybridized carbons (Fsp3) is 0.500. The summed E-state index contributed by atoms with van der Waals surface area (Å²) in [5.41, 5.74) is 7.88. The number of aliphatic hydroxyl groups is 1. The highest BCUT2D eigenvalue weighted by atomic mass is 16.2. The minimum atomic E-state index is -0.0676. The zero-order chi connectivity index (χ0) is 13.4. The van der Waals surface area contributed by atoms with Gasteiger partial charge in [0, 0.05) is 24.4 Å². The molecule has 1 aromatic carbocycles. The number of nitrogen functional groups attached to an aromatic ring is 1. The van der Waals surface area contributed by atoms with Crippen LogP contribution in [0, 0.1) is 6.92 Å². The van der Waals surface area contributed by atoms with Crippen molar-refractivity contribution in [3.8, 4) is 0 Å². The Morgan fingerprint density at radius 2 is 2.00 bits per heavy atom. The van der Waals surface area contributed by atoms with Crippen molar-refractivity contribution < 1.29 is 9.90 Å². The van der Waals surface area contributed by atoms with E-state index in [9.17, 15) is 4.79 Å². The van der Waals surface area contributed by atoms with Gasteiger partial charge in [-0.3, -0.25) is 4.79 Å². The van der Waals surface area contributed by atoms with E-state index in [-0.39, 0.29) is 12.5 Å². The number of aliphatic hydroxyl groups excluding tert-OH is 1. The molecule has 0 aliphatic heterocycles. The minimum Gasteiger partial charge on any atom is -0.398 e. The van der Waals surface area contributed by atoms with Crippen LogP contribution in [0.2, 0.25) is 0 Å². The molecule has 18 heavy (non-hydrogen) atoms. The Bertz CT molecular complexity index is 391. The molecule has 4 nitrogen and oxygen atoms in total. The highest BCUT2D eigenvalue weighted by Crippen LogP contribution is 2.15. The van der Waals surface area contributed by atoms with E-state index in [0.29, 0.717) is 17.8 Å². The number of carbonyl (C=O) groups is 1. The Morgan fingerprint density at radius 3 is 2.72 bits per heavy atom. The standard InChI is InChI=1S/C14H22N2O2/c1-11-12(7-6-8-13(11)15)14(18)16-9-4-2-3-5-10-17/h6-8,17H,2-5,9-10,15H2,1H3,(H,16,18). The average Bonchev–Trinajstić information content (AvgIpc) is 2.36. The summed E-state index contributed by atoms with van der Waals surface area (Å²) < 4.78 is 0. The van der Waals surface area contributed by atoms with Gasteiger partial charge in [-0.05, 0) is 37.5 Å². The zero-order valence-corrected chi connectivity index (χ0v) is 10.9. The van der Waals surface area contributed by atoms with E-state index in [1.54, 1.807) is 18.2 Å². The minimum absolute atomic E-state index is 0.0676. The van der Waals surface area contributed by atoms with Crippen molar-refractivity contribution in [2.45, 2.75) is 32.6 Å². The first-order valence-electron chi connectivity index (χ1n) is 6.41. The van der Waals surface area contributed by atoms with E-state index in [1.807, 2.05) is 6.92 Å². The molecule has 0 bridgehead atoms. The highest BCUT2D eigenvalue weighted by molar-refractivity contribution is 5.96. The molecule has 0 saturated carbocycles. The van der Waals surface area contributed by atoms with Crippen molar-refractivity contribution in [2.24, 2.45) is 0 Å².